The summed E-state index contributed by atoms with van der Waals surface area (Å²) in [5.74, 6) is -0.554. The molecule has 1 aromatic heterocycles. The van der Waals surface area contributed by atoms with Crippen molar-refractivity contribution in [1.82, 2.24) is 14.8 Å². The summed E-state index contributed by atoms with van der Waals surface area (Å²) < 4.78 is 45.7. The quantitative estimate of drug-likeness (QED) is 0.216. The van der Waals surface area contributed by atoms with E-state index in [2.05, 4.69) is 20.8 Å². The van der Waals surface area contributed by atoms with Crippen molar-refractivity contribution in [2.45, 2.75) is 17.9 Å². The lowest BCUT2D eigenvalue weighted by molar-refractivity contribution is -0.137. The number of halogens is 3. The average molecular weight is 542 g/mol. The zero-order chi connectivity index (χ0) is 27.1. The minimum atomic E-state index is -4.45. The summed E-state index contributed by atoms with van der Waals surface area (Å²) in [7, 11) is 1.26. The molecule has 0 atom stereocenters. The summed E-state index contributed by atoms with van der Waals surface area (Å²) in [5.41, 5.74) is 0.782. The Bertz CT molecular complexity index is 1430. The van der Waals surface area contributed by atoms with Crippen molar-refractivity contribution in [2.75, 3.05) is 23.5 Å². The van der Waals surface area contributed by atoms with Crippen molar-refractivity contribution in [3.8, 4) is 5.69 Å². The van der Waals surface area contributed by atoms with E-state index < -0.39 is 17.7 Å². The van der Waals surface area contributed by atoms with Crippen molar-refractivity contribution in [3.05, 3.63) is 95.8 Å². The highest BCUT2D eigenvalue weighted by Gasteiger charge is 2.30. The lowest BCUT2D eigenvalue weighted by atomic mass is 10.2. The van der Waals surface area contributed by atoms with Crippen LogP contribution >= 0.6 is 11.8 Å². The van der Waals surface area contributed by atoms with Gasteiger partial charge < -0.3 is 15.4 Å². The van der Waals surface area contributed by atoms with E-state index in [9.17, 15) is 22.8 Å². The number of hydrogen-bond donors (Lipinski definition) is 2. The standard InChI is InChI=1S/C26H22F3N5O3S/c1-37-24(36)20-12-5-6-13-21(20)31-23(35)16-38-25-33-32-22(34(25)19-10-3-2-4-11-19)15-30-18-9-7-8-17(14-18)26(27,28)29/h2-14,30H,15-16H2,1H3,(H,31,35). The molecule has 0 unspecified atom stereocenters. The van der Waals surface area contributed by atoms with Crippen LogP contribution < -0.4 is 10.6 Å². The molecule has 0 aliphatic heterocycles. The fraction of sp³-hybridized carbons (Fsp3) is 0.154. The molecule has 0 spiro atoms. The second kappa shape index (κ2) is 11.8. The van der Waals surface area contributed by atoms with E-state index in [0.29, 0.717) is 16.7 Å². The third-order valence-electron chi connectivity index (χ3n) is 5.29. The number of alkyl halides is 3. The van der Waals surface area contributed by atoms with Gasteiger partial charge >= 0.3 is 12.1 Å². The minimum Gasteiger partial charge on any atom is -0.465 e. The molecule has 0 saturated heterocycles. The van der Waals surface area contributed by atoms with Crippen LogP contribution in [0, 0.1) is 0 Å². The number of esters is 1. The first-order chi connectivity index (χ1) is 18.3. The van der Waals surface area contributed by atoms with Crippen molar-refractivity contribution >= 4 is 35.0 Å². The van der Waals surface area contributed by atoms with E-state index >= 15 is 0 Å². The van der Waals surface area contributed by atoms with Crippen LogP contribution in [0.1, 0.15) is 21.7 Å². The molecule has 1 heterocycles. The molecule has 8 nitrogen and oxygen atoms in total. The van der Waals surface area contributed by atoms with Crippen LogP contribution in [0.5, 0.6) is 0 Å². The molecule has 0 aliphatic carbocycles. The zero-order valence-corrected chi connectivity index (χ0v) is 20.8. The number of carbonyl (C=O) groups is 2. The Balaban J connectivity index is 1.50. The average Bonchev–Trinajstić information content (AvgIpc) is 3.33. The number of aromatic nitrogens is 3. The second-order valence-electron chi connectivity index (χ2n) is 7.88. The Morgan fingerprint density at radius 1 is 0.974 bits per heavy atom. The number of nitrogens with one attached hydrogen (secondary N) is 2. The molecule has 4 rings (SSSR count). The van der Waals surface area contributed by atoms with E-state index in [-0.39, 0.29) is 29.5 Å². The highest BCUT2D eigenvalue weighted by molar-refractivity contribution is 7.99. The highest BCUT2D eigenvalue weighted by Crippen LogP contribution is 2.31. The Hall–Kier alpha value is -4.32. The monoisotopic (exact) mass is 541 g/mol. The summed E-state index contributed by atoms with van der Waals surface area (Å²) >= 11 is 1.12. The van der Waals surface area contributed by atoms with Crippen LogP contribution in [0.3, 0.4) is 0 Å². The molecule has 4 aromatic rings. The van der Waals surface area contributed by atoms with Crippen LogP contribution in [0.15, 0.2) is 84.0 Å². The number of rotatable bonds is 9. The molecule has 0 bridgehead atoms. The predicted octanol–water partition coefficient (Wildman–Crippen LogP) is 5.42. The topological polar surface area (TPSA) is 98.1 Å². The lowest BCUT2D eigenvalue weighted by Crippen LogP contribution is -2.17. The van der Waals surface area contributed by atoms with E-state index in [1.165, 1.54) is 19.2 Å². The lowest BCUT2D eigenvalue weighted by Gasteiger charge is -2.13. The fourth-order valence-corrected chi connectivity index (χ4v) is 4.30. The molecule has 3 aromatic carbocycles. The Labute approximate surface area is 220 Å². The summed E-state index contributed by atoms with van der Waals surface area (Å²) in [6, 6.07) is 20.5. The van der Waals surface area contributed by atoms with Gasteiger partial charge in [0, 0.05) is 11.4 Å². The molecule has 0 radical (unpaired) electrons. The molecule has 0 aliphatic rings. The molecular formula is C26H22F3N5O3S. The summed E-state index contributed by atoms with van der Waals surface area (Å²) in [6.45, 7) is 0.0858. The van der Waals surface area contributed by atoms with Crippen LogP contribution in [-0.2, 0) is 22.3 Å². The summed E-state index contributed by atoms with van der Waals surface area (Å²) in [5, 5.41) is 14.5. The van der Waals surface area contributed by atoms with Gasteiger partial charge in [-0.25, -0.2) is 4.79 Å². The van der Waals surface area contributed by atoms with Gasteiger partial charge in [0.25, 0.3) is 0 Å². The maximum atomic E-state index is 13.1. The predicted molar refractivity (Wildman–Crippen MR) is 137 cm³/mol. The van der Waals surface area contributed by atoms with Gasteiger partial charge in [-0.2, -0.15) is 13.2 Å². The summed E-state index contributed by atoms with van der Waals surface area (Å²) in [6.07, 6.45) is -4.45. The molecule has 196 valence electrons. The Morgan fingerprint density at radius 2 is 1.71 bits per heavy atom. The number of ether oxygens (including phenoxy) is 1. The van der Waals surface area contributed by atoms with Crippen LogP contribution in [0.2, 0.25) is 0 Å². The van der Waals surface area contributed by atoms with Crippen molar-refractivity contribution < 1.29 is 27.5 Å². The van der Waals surface area contributed by atoms with E-state index in [0.717, 1.165) is 29.6 Å². The Morgan fingerprint density at radius 3 is 2.45 bits per heavy atom. The largest absolute Gasteiger partial charge is 0.465 e. The third kappa shape index (κ3) is 6.51. The number of amides is 1. The Kier molecular flexibility index (Phi) is 8.31. The van der Waals surface area contributed by atoms with Crippen molar-refractivity contribution in [2.24, 2.45) is 0 Å². The van der Waals surface area contributed by atoms with Gasteiger partial charge in [0.2, 0.25) is 5.91 Å². The number of carbonyl (C=O) groups excluding carboxylic acids is 2. The number of benzene rings is 3. The molecule has 1 amide bonds. The first-order valence-corrected chi connectivity index (χ1v) is 12.3. The number of anilines is 2. The number of para-hydroxylation sites is 2. The highest BCUT2D eigenvalue weighted by atomic mass is 32.2. The molecular weight excluding hydrogens is 519 g/mol. The maximum absolute atomic E-state index is 13.1. The van der Waals surface area contributed by atoms with E-state index in [1.807, 2.05) is 30.3 Å². The van der Waals surface area contributed by atoms with Gasteiger partial charge in [-0.1, -0.05) is 48.2 Å². The second-order valence-corrected chi connectivity index (χ2v) is 8.82. The summed E-state index contributed by atoms with van der Waals surface area (Å²) in [4.78, 5) is 24.7. The minimum absolute atomic E-state index is 0.0401. The van der Waals surface area contributed by atoms with Crippen LogP contribution in [0.25, 0.3) is 5.69 Å². The van der Waals surface area contributed by atoms with Crippen molar-refractivity contribution in [3.63, 3.8) is 0 Å². The normalized spacial score (nSPS) is 11.2. The first kappa shape index (κ1) is 26.7. The number of thioether (sulfide) groups is 1. The van der Waals surface area contributed by atoms with Crippen LogP contribution in [-0.4, -0.2) is 39.5 Å². The molecule has 0 fully saturated rings. The molecule has 2 N–H and O–H groups in total. The first-order valence-electron chi connectivity index (χ1n) is 11.3. The van der Waals surface area contributed by atoms with Gasteiger partial charge in [-0.15, -0.1) is 10.2 Å². The SMILES string of the molecule is COC(=O)c1ccccc1NC(=O)CSc1nnc(CNc2cccc(C(F)(F)F)c2)n1-c1ccccc1. The third-order valence-corrected chi connectivity index (χ3v) is 6.22. The van der Waals surface area contributed by atoms with Crippen LogP contribution in [0.4, 0.5) is 24.5 Å². The van der Waals surface area contributed by atoms with Crippen molar-refractivity contribution in [1.29, 1.82) is 0 Å². The van der Waals surface area contributed by atoms with Gasteiger partial charge in [0.15, 0.2) is 11.0 Å². The zero-order valence-electron chi connectivity index (χ0n) is 20.0. The van der Waals surface area contributed by atoms with Gasteiger partial charge in [-0.05, 0) is 42.5 Å². The number of methoxy groups -OCH3 is 1. The van der Waals surface area contributed by atoms with Gasteiger partial charge in [-0.3, -0.25) is 9.36 Å². The molecule has 12 heteroatoms. The molecule has 38 heavy (non-hydrogen) atoms. The maximum Gasteiger partial charge on any atom is 0.416 e. The van der Waals surface area contributed by atoms with Gasteiger partial charge in [0.05, 0.1) is 36.2 Å². The number of nitrogens with zero attached hydrogens (tertiary/aromatic N) is 3. The smallest absolute Gasteiger partial charge is 0.416 e. The fourth-order valence-electron chi connectivity index (χ4n) is 3.53. The molecule has 0 saturated carbocycles. The number of hydrogen-bond acceptors (Lipinski definition) is 7. The van der Waals surface area contributed by atoms with E-state index in [4.69, 9.17) is 4.74 Å². The van der Waals surface area contributed by atoms with Gasteiger partial charge in [0.1, 0.15) is 0 Å². The van der Waals surface area contributed by atoms with E-state index in [1.54, 1.807) is 28.8 Å².